The monoisotopic (exact) mass is 313 g/mol. The molecule has 0 aliphatic carbocycles. The second kappa shape index (κ2) is 8.48. The zero-order valence-corrected chi connectivity index (χ0v) is 14.3. The molecule has 0 amide bonds. The number of rotatable bonds is 9. The standard InChI is InChI=1S/C15H27N3O2S/c1-5-16-12-14-6-8-15(9-7-14)13-21(19,20)18(4)11-10-17(2)3/h6-9,16H,5,10-13H2,1-4H3. The van der Waals surface area contributed by atoms with Crippen LogP contribution in [0.25, 0.3) is 0 Å². The van der Waals surface area contributed by atoms with Crippen LogP contribution in [0.4, 0.5) is 0 Å². The first-order valence-electron chi connectivity index (χ1n) is 7.22. The summed E-state index contributed by atoms with van der Waals surface area (Å²) >= 11 is 0. The van der Waals surface area contributed by atoms with Gasteiger partial charge in [0, 0.05) is 26.7 Å². The molecule has 0 aliphatic rings. The summed E-state index contributed by atoms with van der Waals surface area (Å²) in [6, 6.07) is 7.74. The van der Waals surface area contributed by atoms with Crippen LogP contribution in [0.3, 0.4) is 0 Å². The Kier molecular flexibility index (Phi) is 7.31. The molecule has 0 fully saturated rings. The molecular formula is C15H27N3O2S. The van der Waals surface area contributed by atoms with Crippen LogP contribution in [0, 0.1) is 0 Å². The molecule has 1 N–H and O–H groups in total. The van der Waals surface area contributed by atoms with Gasteiger partial charge in [0.05, 0.1) is 5.75 Å². The minimum absolute atomic E-state index is 0.0540. The van der Waals surface area contributed by atoms with E-state index >= 15 is 0 Å². The van der Waals surface area contributed by atoms with Crippen LogP contribution >= 0.6 is 0 Å². The lowest BCUT2D eigenvalue weighted by atomic mass is 10.1. The van der Waals surface area contributed by atoms with E-state index in [0.717, 1.165) is 25.2 Å². The molecule has 21 heavy (non-hydrogen) atoms. The number of sulfonamides is 1. The summed E-state index contributed by atoms with van der Waals surface area (Å²) in [5.74, 6) is 0.0540. The Morgan fingerprint density at radius 2 is 1.57 bits per heavy atom. The van der Waals surface area contributed by atoms with E-state index < -0.39 is 10.0 Å². The summed E-state index contributed by atoms with van der Waals surface area (Å²) < 4.78 is 26.0. The first-order chi connectivity index (χ1) is 9.85. The molecule has 5 nitrogen and oxygen atoms in total. The number of hydrogen-bond acceptors (Lipinski definition) is 4. The Bertz CT molecular complexity index is 512. The van der Waals surface area contributed by atoms with Gasteiger partial charge in [-0.1, -0.05) is 31.2 Å². The van der Waals surface area contributed by atoms with Crippen molar-refractivity contribution in [1.29, 1.82) is 0 Å². The Hall–Kier alpha value is -0.950. The molecule has 120 valence electrons. The molecule has 6 heteroatoms. The number of hydrogen-bond donors (Lipinski definition) is 1. The summed E-state index contributed by atoms with van der Waals surface area (Å²) in [5, 5.41) is 3.25. The maximum Gasteiger partial charge on any atom is 0.218 e. The van der Waals surface area contributed by atoms with Crippen molar-refractivity contribution in [2.24, 2.45) is 0 Å². The van der Waals surface area contributed by atoms with Crippen LogP contribution < -0.4 is 5.32 Å². The van der Waals surface area contributed by atoms with E-state index in [9.17, 15) is 8.42 Å². The number of likely N-dealkylation sites (N-methyl/N-ethyl adjacent to an activating group) is 2. The molecule has 0 aromatic heterocycles. The molecule has 0 aliphatic heterocycles. The van der Waals surface area contributed by atoms with Crippen molar-refractivity contribution in [2.45, 2.75) is 19.2 Å². The molecule has 0 unspecified atom stereocenters. The molecule has 1 aromatic rings. The summed E-state index contributed by atoms with van der Waals surface area (Å²) in [5.41, 5.74) is 1.99. The summed E-state index contributed by atoms with van der Waals surface area (Å²) in [6.45, 7) is 5.02. The Morgan fingerprint density at radius 1 is 1.00 bits per heavy atom. The van der Waals surface area contributed by atoms with E-state index in [0.29, 0.717) is 6.54 Å². The van der Waals surface area contributed by atoms with Crippen molar-refractivity contribution < 1.29 is 8.42 Å². The van der Waals surface area contributed by atoms with Crippen LogP contribution in [0.2, 0.25) is 0 Å². The highest BCUT2D eigenvalue weighted by Gasteiger charge is 2.18. The van der Waals surface area contributed by atoms with Gasteiger partial charge in [0.1, 0.15) is 0 Å². The average molecular weight is 313 g/mol. The molecule has 1 rings (SSSR count). The van der Waals surface area contributed by atoms with Crippen LogP contribution in [0.5, 0.6) is 0 Å². The van der Waals surface area contributed by atoms with Gasteiger partial charge in [0.2, 0.25) is 10.0 Å². The second-order valence-electron chi connectivity index (χ2n) is 5.48. The van der Waals surface area contributed by atoms with E-state index in [1.165, 1.54) is 9.87 Å². The van der Waals surface area contributed by atoms with Crippen molar-refractivity contribution in [3.63, 3.8) is 0 Å². The maximum atomic E-state index is 12.3. The number of benzene rings is 1. The van der Waals surface area contributed by atoms with Gasteiger partial charge in [-0.15, -0.1) is 0 Å². The fourth-order valence-corrected chi connectivity index (χ4v) is 3.02. The lowest BCUT2D eigenvalue weighted by Gasteiger charge is -2.19. The molecule has 0 spiro atoms. The van der Waals surface area contributed by atoms with Crippen molar-refractivity contribution in [3.05, 3.63) is 35.4 Å². The zero-order valence-electron chi connectivity index (χ0n) is 13.5. The number of nitrogens with zero attached hydrogens (tertiary/aromatic N) is 2. The highest BCUT2D eigenvalue weighted by Crippen LogP contribution is 2.11. The quantitative estimate of drug-likeness (QED) is 0.742. The maximum absolute atomic E-state index is 12.3. The third-order valence-electron chi connectivity index (χ3n) is 3.29. The lowest BCUT2D eigenvalue weighted by Crippen LogP contribution is -2.34. The minimum Gasteiger partial charge on any atom is -0.313 e. The highest BCUT2D eigenvalue weighted by atomic mass is 32.2. The van der Waals surface area contributed by atoms with E-state index in [1.807, 2.05) is 43.3 Å². The fraction of sp³-hybridized carbons (Fsp3) is 0.600. The van der Waals surface area contributed by atoms with Gasteiger partial charge in [-0.3, -0.25) is 0 Å². The molecule has 0 saturated heterocycles. The third kappa shape index (κ3) is 6.56. The highest BCUT2D eigenvalue weighted by molar-refractivity contribution is 7.88. The van der Waals surface area contributed by atoms with Crippen molar-refractivity contribution in [3.8, 4) is 0 Å². The molecule has 0 bridgehead atoms. The van der Waals surface area contributed by atoms with Crippen molar-refractivity contribution in [2.75, 3.05) is 40.8 Å². The largest absolute Gasteiger partial charge is 0.313 e. The summed E-state index contributed by atoms with van der Waals surface area (Å²) in [6.07, 6.45) is 0. The first-order valence-corrected chi connectivity index (χ1v) is 8.83. The average Bonchev–Trinajstić information content (AvgIpc) is 2.43. The smallest absolute Gasteiger partial charge is 0.218 e. The second-order valence-corrected chi connectivity index (χ2v) is 7.55. The first kappa shape index (κ1) is 18.1. The van der Waals surface area contributed by atoms with Gasteiger partial charge in [0.25, 0.3) is 0 Å². The van der Waals surface area contributed by atoms with Gasteiger partial charge in [-0.2, -0.15) is 0 Å². The number of nitrogens with one attached hydrogen (secondary N) is 1. The molecule has 1 aromatic carbocycles. The van der Waals surface area contributed by atoms with Gasteiger partial charge >= 0.3 is 0 Å². The third-order valence-corrected chi connectivity index (χ3v) is 5.12. The molecule has 0 radical (unpaired) electrons. The van der Waals surface area contributed by atoms with Crippen LogP contribution in [-0.4, -0.2) is 58.4 Å². The molecular weight excluding hydrogens is 286 g/mol. The Morgan fingerprint density at radius 3 is 2.10 bits per heavy atom. The van der Waals surface area contributed by atoms with Crippen molar-refractivity contribution >= 4 is 10.0 Å². The van der Waals surface area contributed by atoms with E-state index in [4.69, 9.17) is 0 Å². The minimum atomic E-state index is -3.25. The summed E-state index contributed by atoms with van der Waals surface area (Å²) in [7, 11) is 2.26. The molecule has 0 atom stereocenters. The zero-order chi connectivity index (χ0) is 15.9. The topological polar surface area (TPSA) is 52.7 Å². The van der Waals surface area contributed by atoms with Gasteiger partial charge in [-0.05, 0) is 31.8 Å². The van der Waals surface area contributed by atoms with Crippen molar-refractivity contribution in [1.82, 2.24) is 14.5 Å². The normalized spacial score (nSPS) is 12.3. The van der Waals surface area contributed by atoms with Gasteiger partial charge in [0.15, 0.2) is 0 Å². The Balaban J connectivity index is 2.62. The molecule has 0 saturated carbocycles. The van der Waals surface area contributed by atoms with Gasteiger partial charge < -0.3 is 10.2 Å². The van der Waals surface area contributed by atoms with Crippen LogP contribution in [0.1, 0.15) is 18.1 Å². The van der Waals surface area contributed by atoms with E-state index in [1.54, 1.807) is 7.05 Å². The fourth-order valence-electron chi connectivity index (χ4n) is 1.82. The van der Waals surface area contributed by atoms with Crippen LogP contribution in [-0.2, 0) is 22.3 Å². The molecule has 0 heterocycles. The predicted octanol–water partition coefficient (Wildman–Crippen LogP) is 1.12. The lowest BCUT2D eigenvalue weighted by molar-refractivity contribution is 0.358. The predicted molar refractivity (Wildman–Crippen MR) is 87.6 cm³/mol. The summed E-state index contributed by atoms with van der Waals surface area (Å²) in [4.78, 5) is 1.97. The van der Waals surface area contributed by atoms with Gasteiger partial charge in [-0.25, -0.2) is 12.7 Å². The van der Waals surface area contributed by atoms with E-state index in [2.05, 4.69) is 12.2 Å². The SMILES string of the molecule is CCNCc1ccc(CS(=O)(=O)N(C)CCN(C)C)cc1. The van der Waals surface area contributed by atoms with E-state index in [-0.39, 0.29) is 5.75 Å². The Labute approximate surface area is 129 Å². The van der Waals surface area contributed by atoms with Crippen LogP contribution in [0.15, 0.2) is 24.3 Å².